The zero-order chi connectivity index (χ0) is 20.5. The fourth-order valence-electron chi connectivity index (χ4n) is 3.21. The smallest absolute Gasteiger partial charge is 0.243 e. The predicted molar refractivity (Wildman–Crippen MR) is 109 cm³/mol. The maximum Gasteiger partial charge on any atom is 0.243 e. The van der Waals surface area contributed by atoms with Crippen LogP contribution in [0.3, 0.4) is 0 Å². The molecule has 1 heterocycles. The normalized spacial score (nSPS) is 20.5. The first-order valence-corrected chi connectivity index (χ1v) is 12.4. The third-order valence-electron chi connectivity index (χ3n) is 4.71. The maximum atomic E-state index is 13.0. The summed E-state index contributed by atoms with van der Waals surface area (Å²) in [6, 6.07) is 10.9. The molecule has 1 aliphatic heterocycles. The third kappa shape index (κ3) is 4.16. The Morgan fingerprint density at radius 2 is 1.79 bits per heavy atom. The zero-order valence-corrected chi connectivity index (χ0v) is 18.2. The largest absolute Gasteiger partial charge is 0.495 e. The van der Waals surface area contributed by atoms with Crippen LogP contribution in [0.4, 0.5) is 0 Å². The Morgan fingerprint density at radius 3 is 2.43 bits per heavy atom. The minimum atomic E-state index is -3.90. The van der Waals surface area contributed by atoms with Crippen molar-refractivity contribution in [1.82, 2.24) is 4.31 Å². The van der Waals surface area contributed by atoms with Gasteiger partial charge in [-0.25, -0.2) is 16.8 Å². The third-order valence-corrected chi connectivity index (χ3v) is 9.35. The van der Waals surface area contributed by atoms with E-state index in [0.717, 1.165) is 0 Å². The van der Waals surface area contributed by atoms with E-state index in [4.69, 9.17) is 27.9 Å². The Bertz CT molecular complexity index is 1090. The average Bonchev–Trinajstić information content (AvgIpc) is 2.80. The summed E-state index contributed by atoms with van der Waals surface area (Å²) in [6.07, 6.45) is 0.120. The van der Waals surface area contributed by atoms with Crippen molar-refractivity contribution in [1.29, 1.82) is 0 Å². The van der Waals surface area contributed by atoms with Crippen LogP contribution in [0.2, 0.25) is 10.0 Å². The molecule has 1 aliphatic rings. The van der Waals surface area contributed by atoms with Gasteiger partial charge in [0.2, 0.25) is 10.0 Å². The van der Waals surface area contributed by atoms with Crippen LogP contribution < -0.4 is 4.74 Å². The van der Waals surface area contributed by atoms with Crippen molar-refractivity contribution < 1.29 is 21.6 Å². The molecule has 0 aromatic heterocycles. The molecule has 0 N–H and O–H groups in total. The minimum absolute atomic E-state index is 0.00751. The fourth-order valence-corrected chi connectivity index (χ4v) is 7.27. The highest BCUT2D eigenvalue weighted by atomic mass is 35.5. The topological polar surface area (TPSA) is 80.8 Å². The lowest BCUT2D eigenvalue weighted by Crippen LogP contribution is -2.33. The Kier molecular flexibility index (Phi) is 6.26. The van der Waals surface area contributed by atoms with Crippen LogP contribution >= 0.6 is 23.2 Å². The molecule has 1 atom stereocenters. The summed E-state index contributed by atoms with van der Waals surface area (Å²) in [5.74, 6) is 0.0734. The molecule has 152 valence electrons. The van der Waals surface area contributed by atoms with Crippen molar-refractivity contribution in [3.63, 3.8) is 0 Å². The molecule has 0 radical (unpaired) electrons. The number of benzene rings is 2. The first-order valence-electron chi connectivity index (χ1n) is 8.46. The molecule has 10 heteroatoms. The van der Waals surface area contributed by atoms with Crippen molar-refractivity contribution in [2.45, 2.75) is 16.6 Å². The molecule has 3 rings (SSSR count). The van der Waals surface area contributed by atoms with E-state index in [0.29, 0.717) is 16.3 Å². The number of sulfone groups is 1. The number of hydrogen-bond donors (Lipinski definition) is 0. The predicted octanol–water partition coefficient (Wildman–Crippen LogP) is 3.55. The second kappa shape index (κ2) is 8.20. The van der Waals surface area contributed by atoms with E-state index in [1.54, 1.807) is 24.3 Å². The molecular formula is C18H19Cl2NO5S2. The van der Waals surface area contributed by atoms with Gasteiger partial charge in [-0.2, -0.15) is 4.31 Å². The summed E-state index contributed by atoms with van der Waals surface area (Å²) in [4.78, 5) is -0.00751. The van der Waals surface area contributed by atoms with Crippen LogP contribution in [-0.2, 0) is 19.9 Å². The number of rotatable bonds is 4. The number of sulfonamides is 1. The van der Waals surface area contributed by atoms with E-state index >= 15 is 0 Å². The highest BCUT2D eigenvalue weighted by Gasteiger charge is 2.36. The van der Waals surface area contributed by atoms with Crippen LogP contribution in [0.5, 0.6) is 5.75 Å². The Morgan fingerprint density at radius 1 is 1.07 bits per heavy atom. The monoisotopic (exact) mass is 463 g/mol. The zero-order valence-electron chi connectivity index (χ0n) is 15.0. The van der Waals surface area contributed by atoms with Gasteiger partial charge in [0.25, 0.3) is 0 Å². The van der Waals surface area contributed by atoms with Crippen LogP contribution in [0, 0.1) is 0 Å². The number of ether oxygens (including phenoxy) is 1. The summed E-state index contributed by atoms with van der Waals surface area (Å²) >= 11 is 12.2. The van der Waals surface area contributed by atoms with Gasteiger partial charge in [0.1, 0.15) is 5.75 Å². The lowest BCUT2D eigenvalue weighted by atomic mass is 10.1. The van der Waals surface area contributed by atoms with Gasteiger partial charge in [-0.1, -0.05) is 41.4 Å². The van der Waals surface area contributed by atoms with Gasteiger partial charge < -0.3 is 4.74 Å². The van der Waals surface area contributed by atoms with Crippen molar-refractivity contribution in [3.05, 3.63) is 58.1 Å². The summed E-state index contributed by atoms with van der Waals surface area (Å²) in [5.41, 5.74) is 0.496. The van der Waals surface area contributed by atoms with Gasteiger partial charge in [-0.15, -0.1) is 0 Å². The number of nitrogens with zero attached hydrogens (tertiary/aromatic N) is 1. The average molecular weight is 464 g/mol. The Hall–Kier alpha value is -1.32. The molecule has 1 unspecified atom stereocenters. The van der Waals surface area contributed by atoms with Gasteiger partial charge in [0.05, 0.1) is 28.0 Å². The van der Waals surface area contributed by atoms with E-state index in [1.165, 1.54) is 29.6 Å². The molecule has 28 heavy (non-hydrogen) atoms. The van der Waals surface area contributed by atoms with Crippen LogP contribution in [0.25, 0.3) is 0 Å². The highest BCUT2D eigenvalue weighted by Crippen LogP contribution is 2.35. The lowest BCUT2D eigenvalue weighted by Gasteiger charge is -2.20. The van der Waals surface area contributed by atoms with Crippen molar-refractivity contribution in [2.24, 2.45) is 0 Å². The second-order valence-corrected chi connectivity index (χ2v) is 11.4. The molecule has 0 spiro atoms. The number of hydrogen-bond acceptors (Lipinski definition) is 5. The maximum absolute atomic E-state index is 13.0. The van der Waals surface area contributed by atoms with Gasteiger partial charge in [-0.3, -0.25) is 0 Å². The van der Waals surface area contributed by atoms with Gasteiger partial charge >= 0.3 is 0 Å². The standard InChI is InChI=1S/C18H19Cl2NO5S2/c1-26-17-7-6-13(12-16(17)20)28(24,25)21-9-8-18(27(22,23)11-10-21)14-4-2-3-5-15(14)19/h2-7,12,18H,8-11H2,1H3. The summed E-state index contributed by atoms with van der Waals surface area (Å²) in [6.45, 7) is -0.0730. The van der Waals surface area contributed by atoms with Crippen LogP contribution in [-0.4, -0.2) is 47.1 Å². The molecule has 0 saturated carbocycles. The van der Waals surface area contributed by atoms with E-state index in [9.17, 15) is 16.8 Å². The summed E-state index contributed by atoms with van der Waals surface area (Å²) < 4.78 is 57.8. The fraction of sp³-hybridized carbons (Fsp3) is 0.333. The number of methoxy groups -OCH3 is 1. The first-order chi connectivity index (χ1) is 13.2. The van der Waals surface area contributed by atoms with E-state index in [1.807, 2.05) is 0 Å². The molecule has 1 fully saturated rings. The Balaban J connectivity index is 1.92. The van der Waals surface area contributed by atoms with Gasteiger partial charge in [0, 0.05) is 18.1 Å². The highest BCUT2D eigenvalue weighted by molar-refractivity contribution is 7.92. The minimum Gasteiger partial charge on any atom is -0.495 e. The van der Waals surface area contributed by atoms with Gasteiger partial charge in [-0.05, 0) is 36.2 Å². The molecule has 0 amide bonds. The molecule has 6 nitrogen and oxygen atoms in total. The molecule has 1 saturated heterocycles. The SMILES string of the molecule is COc1ccc(S(=O)(=O)N2CCC(c3ccccc3Cl)S(=O)(=O)CC2)cc1Cl. The van der Waals surface area contributed by atoms with Crippen molar-refractivity contribution in [2.75, 3.05) is 26.0 Å². The van der Waals surface area contributed by atoms with E-state index < -0.39 is 25.1 Å². The van der Waals surface area contributed by atoms with Crippen molar-refractivity contribution >= 4 is 43.1 Å². The van der Waals surface area contributed by atoms with E-state index in [2.05, 4.69) is 0 Å². The molecule has 0 aliphatic carbocycles. The van der Waals surface area contributed by atoms with E-state index in [-0.39, 0.29) is 35.2 Å². The number of halogens is 2. The van der Waals surface area contributed by atoms with Crippen LogP contribution in [0.1, 0.15) is 17.2 Å². The molecular weight excluding hydrogens is 445 g/mol. The first kappa shape index (κ1) is 21.4. The van der Waals surface area contributed by atoms with Crippen LogP contribution in [0.15, 0.2) is 47.4 Å². The second-order valence-electron chi connectivity index (χ2n) is 6.37. The quantitative estimate of drug-likeness (QED) is 0.692. The summed E-state index contributed by atoms with van der Waals surface area (Å²) in [5, 5.41) is -0.324. The Labute approximate surface area is 175 Å². The van der Waals surface area contributed by atoms with Crippen molar-refractivity contribution in [3.8, 4) is 5.75 Å². The molecule has 2 aromatic rings. The summed E-state index contributed by atoms with van der Waals surface area (Å²) in [7, 11) is -6.03. The molecule has 2 aromatic carbocycles. The van der Waals surface area contributed by atoms with Gasteiger partial charge in [0.15, 0.2) is 9.84 Å². The molecule has 0 bridgehead atoms. The lowest BCUT2D eigenvalue weighted by molar-refractivity contribution is 0.414.